The Labute approximate surface area is 222 Å². The molecule has 2 aromatic carbocycles. The Bertz CT molecular complexity index is 1300. The Kier molecular flexibility index (Phi) is 8.70. The third-order valence-electron chi connectivity index (χ3n) is 7.04. The summed E-state index contributed by atoms with van der Waals surface area (Å²) < 4.78 is 11.0. The van der Waals surface area contributed by atoms with Gasteiger partial charge in [0.1, 0.15) is 5.76 Å². The number of phenols is 1. The fourth-order valence-corrected chi connectivity index (χ4v) is 4.87. The van der Waals surface area contributed by atoms with Gasteiger partial charge in [0.15, 0.2) is 17.3 Å². The van der Waals surface area contributed by atoms with E-state index < -0.39 is 17.1 Å². The van der Waals surface area contributed by atoms with Crippen LogP contribution in [0.3, 0.4) is 0 Å². The van der Waals surface area contributed by atoms with E-state index in [4.69, 9.17) is 9.15 Å². The van der Waals surface area contributed by atoms with E-state index in [1.807, 2.05) is 18.2 Å². The Balaban J connectivity index is 1.59. The molecule has 3 N–H and O–H groups in total. The van der Waals surface area contributed by atoms with Crippen molar-refractivity contribution in [1.82, 2.24) is 15.1 Å². The molecule has 0 saturated carbocycles. The maximum atomic E-state index is 13.4. The van der Waals surface area contributed by atoms with E-state index in [0.29, 0.717) is 17.9 Å². The lowest BCUT2D eigenvalue weighted by Gasteiger charge is -2.38. The Hall–Kier alpha value is -3.82. The van der Waals surface area contributed by atoms with Gasteiger partial charge in [0.05, 0.1) is 19.1 Å². The smallest absolute Gasteiger partial charge is 0.227 e. The summed E-state index contributed by atoms with van der Waals surface area (Å²) in [7, 11) is 3.53. The SMILES string of the molecule is COc1cc([C@@H](CC(=O)NC[C@H](c2ccccc2)N2CCN(C)CC2)c2oc(C)cc(=O)c2O)ccc1O. The highest BCUT2D eigenvalue weighted by Gasteiger charge is 2.28. The third-order valence-corrected chi connectivity index (χ3v) is 7.04. The number of carbonyl (C=O) groups excluding carboxylic acids is 1. The number of amides is 1. The van der Waals surface area contributed by atoms with Gasteiger partial charge in [0.25, 0.3) is 0 Å². The normalized spacial score (nSPS) is 16.1. The molecule has 38 heavy (non-hydrogen) atoms. The first-order valence-electron chi connectivity index (χ1n) is 12.7. The molecule has 202 valence electrons. The molecular formula is C29H35N3O6. The van der Waals surface area contributed by atoms with Gasteiger partial charge in [-0.3, -0.25) is 14.5 Å². The second-order valence-corrected chi connectivity index (χ2v) is 9.69. The molecule has 4 rings (SSSR count). The van der Waals surface area contributed by atoms with Gasteiger partial charge in [-0.25, -0.2) is 0 Å². The van der Waals surface area contributed by atoms with Crippen molar-refractivity contribution >= 4 is 5.91 Å². The lowest BCUT2D eigenvalue weighted by Crippen LogP contribution is -2.48. The van der Waals surface area contributed by atoms with Crippen molar-refractivity contribution in [2.45, 2.75) is 25.3 Å². The maximum Gasteiger partial charge on any atom is 0.227 e. The molecule has 2 heterocycles. The molecular weight excluding hydrogens is 486 g/mol. The monoisotopic (exact) mass is 521 g/mol. The molecule has 1 amide bonds. The number of piperazine rings is 1. The quantitative estimate of drug-likeness (QED) is 0.394. The molecule has 1 saturated heterocycles. The molecule has 0 spiro atoms. The van der Waals surface area contributed by atoms with Gasteiger partial charge in [-0.2, -0.15) is 0 Å². The average molecular weight is 522 g/mol. The van der Waals surface area contributed by atoms with Crippen LogP contribution >= 0.6 is 0 Å². The number of carbonyl (C=O) groups is 1. The number of hydrogen-bond acceptors (Lipinski definition) is 8. The minimum absolute atomic E-state index is 0.00318. The van der Waals surface area contributed by atoms with Crippen molar-refractivity contribution in [3.05, 3.63) is 87.5 Å². The highest BCUT2D eigenvalue weighted by Crippen LogP contribution is 2.37. The zero-order valence-corrected chi connectivity index (χ0v) is 22.0. The van der Waals surface area contributed by atoms with Gasteiger partial charge in [-0.1, -0.05) is 36.4 Å². The predicted molar refractivity (Wildman–Crippen MR) is 144 cm³/mol. The van der Waals surface area contributed by atoms with E-state index in [-0.39, 0.29) is 35.6 Å². The molecule has 3 aromatic rings. The fraction of sp³-hybridized carbons (Fsp3) is 0.379. The highest BCUT2D eigenvalue weighted by molar-refractivity contribution is 5.77. The summed E-state index contributed by atoms with van der Waals surface area (Å²) in [5.41, 5.74) is 1.09. The minimum Gasteiger partial charge on any atom is -0.504 e. The first kappa shape index (κ1) is 27.2. The highest BCUT2D eigenvalue weighted by atomic mass is 16.5. The van der Waals surface area contributed by atoms with Crippen molar-refractivity contribution in [2.75, 3.05) is 46.9 Å². The number of nitrogens with one attached hydrogen (secondary N) is 1. The summed E-state index contributed by atoms with van der Waals surface area (Å²) in [5, 5.41) is 23.7. The van der Waals surface area contributed by atoms with Crippen LogP contribution in [-0.2, 0) is 4.79 Å². The van der Waals surface area contributed by atoms with Gasteiger partial charge in [0, 0.05) is 45.2 Å². The Morgan fingerprint density at radius 1 is 1.05 bits per heavy atom. The standard InChI is InChI=1S/C29H35N3O6/c1-19-15-25(34)28(36)29(38-19)22(21-9-10-24(33)26(16-21)37-3)17-27(35)30-18-23(20-7-5-4-6-8-20)32-13-11-31(2)12-14-32/h4-10,15-16,22-23,33,36H,11-14,17-18H2,1-3H3,(H,30,35)/t22-,23-/m1/s1. The molecule has 0 unspecified atom stereocenters. The van der Waals surface area contributed by atoms with Crippen LogP contribution < -0.4 is 15.5 Å². The Morgan fingerprint density at radius 3 is 2.45 bits per heavy atom. The van der Waals surface area contributed by atoms with Crippen molar-refractivity contribution in [3.63, 3.8) is 0 Å². The number of nitrogens with zero attached hydrogens (tertiary/aromatic N) is 2. The minimum atomic E-state index is -0.782. The molecule has 2 atom stereocenters. The van der Waals surface area contributed by atoms with Crippen LogP contribution in [0.15, 0.2) is 63.8 Å². The van der Waals surface area contributed by atoms with Gasteiger partial charge >= 0.3 is 0 Å². The van der Waals surface area contributed by atoms with Crippen molar-refractivity contribution in [1.29, 1.82) is 0 Å². The van der Waals surface area contributed by atoms with Crippen LogP contribution in [0.4, 0.5) is 0 Å². The van der Waals surface area contributed by atoms with Crippen LogP contribution in [0.2, 0.25) is 0 Å². The molecule has 1 aliphatic rings. The Morgan fingerprint density at radius 2 is 1.76 bits per heavy atom. The van der Waals surface area contributed by atoms with E-state index in [9.17, 15) is 19.8 Å². The van der Waals surface area contributed by atoms with E-state index in [1.54, 1.807) is 19.1 Å². The lowest BCUT2D eigenvalue weighted by atomic mass is 9.91. The number of phenolic OH excluding ortho intramolecular Hbond substituents is 1. The number of likely N-dealkylation sites (N-methyl/N-ethyl adjacent to an activating group) is 1. The van der Waals surface area contributed by atoms with Crippen LogP contribution in [0.5, 0.6) is 17.2 Å². The van der Waals surface area contributed by atoms with Crippen LogP contribution in [0.25, 0.3) is 0 Å². The average Bonchev–Trinajstić information content (AvgIpc) is 2.91. The molecule has 1 aliphatic heterocycles. The molecule has 9 heteroatoms. The lowest BCUT2D eigenvalue weighted by molar-refractivity contribution is -0.121. The number of aryl methyl sites for hydroxylation is 1. The summed E-state index contributed by atoms with van der Waals surface area (Å²) in [6.07, 6.45) is -0.0852. The first-order chi connectivity index (χ1) is 18.3. The first-order valence-corrected chi connectivity index (χ1v) is 12.7. The summed E-state index contributed by atoms with van der Waals surface area (Å²) in [4.78, 5) is 30.4. The molecule has 0 aliphatic carbocycles. The third kappa shape index (κ3) is 6.35. The molecule has 1 fully saturated rings. The zero-order chi connectivity index (χ0) is 27.2. The van der Waals surface area contributed by atoms with E-state index in [1.165, 1.54) is 19.2 Å². The number of hydrogen-bond donors (Lipinski definition) is 3. The van der Waals surface area contributed by atoms with Crippen LogP contribution in [0.1, 0.15) is 41.0 Å². The summed E-state index contributed by atoms with van der Waals surface area (Å²) in [6.45, 7) is 5.71. The number of aromatic hydroxyl groups is 2. The summed E-state index contributed by atoms with van der Waals surface area (Å²) in [6, 6.07) is 16.0. The van der Waals surface area contributed by atoms with E-state index >= 15 is 0 Å². The molecule has 9 nitrogen and oxygen atoms in total. The summed E-state index contributed by atoms with van der Waals surface area (Å²) >= 11 is 0. The molecule has 1 aromatic heterocycles. The number of rotatable bonds is 9. The topological polar surface area (TPSA) is 115 Å². The summed E-state index contributed by atoms with van der Waals surface area (Å²) in [5.74, 6) is -1.12. The van der Waals surface area contributed by atoms with Crippen molar-refractivity contribution in [3.8, 4) is 17.2 Å². The second-order valence-electron chi connectivity index (χ2n) is 9.69. The number of methoxy groups -OCH3 is 1. The van der Waals surface area contributed by atoms with E-state index in [0.717, 1.165) is 31.7 Å². The van der Waals surface area contributed by atoms with E-state index in [2.05, 4.69) is 34.3 Å². The molecule has 0 bridgehead atoms. The van der Waals surface area contributed by atoms with Gasteiger partial charge in [0.2, 0.25) is 17.1 Å². The fourth-order valence-electron chi connectivity index (χ4n) is 4.87. The largest absolute Gasteiger partial charge is 0.504 e. The van der Waals surface area contributed by atoms with Crippen molar-refractivity contribution in [2.24, 2.45) is 0 Å². The van der Waals surface area contributed by atoms with Crippen LogP contribution in [0, 0.1) is 6.92 Å². The zero-order valence-electron chi connectivity index (χ0n) is 22.0. The van der Waals surface area contributed by atoms with Gasteiger partial charge < -0.3 is 29.6 Å². The van der Waals surface area contributed by atoms with Gasteiger partial charge in [-0.15, -0.1) is 0 Å². The van der Waals surface area contributed by atoms with Crippen molar-refractivity contribution < 1.29 is 24.2 Å². The predicted octanol–water partition coefficient (Wildman–Crippen LogP) is 2.99. The maximum absolute atomic E-state index is 13.4. The second kappa shape index (κ2) is 12.1. The number of benzene rings is 2. The van der Waals surface area contributed by atoms with Gasteiger partial charge in [-0.05, 0) is 37.2 Å². The number of ether oxygens (including phenoxy) is 1. The van der Waals surface area contributed by atoms with Crippen LogP contribution in [-0.4, -0.2) is 72.8 Å². The molecule has 0 radical (unpaired) electrons.